The number of rotatable bonds is 16. The predicted molar refractivity (Wildman–Crippen MR) is 332 cm³/mol. The Balaban J connectivity index is 1.37. The zero-order valence-corrected chi connectivity index (χ0v) is 45.7. The highest BCUT2D eigenvalue weighted by Gasteiger charge is 2.37. The van der Waals surface area contributed by atoms with Crippen LogP contribution in [0.15, 0.2) is 243 Å². The number of nitrogens with zero attached hydrogens (tertiary/aromatic N) is 6. The van der Waals surface area contributed by atoms with Gasteiger partial charge >= 0.3 is 13.7 Å². The number of fused-ring (bicyclic) bond motifs is 3. The van der Waals surface area contributed by atoms with Crippen molar-refractivity contribution in [2.24, 2.45) is 0 Å². The molecular formula is C69H52B2N6O4S. The molecule has 82 heavy (non-hydrogen) atoms. The van der Waals surface area contributed by atoms with Crippen molar-refractivity contribution in [2.45, 2.75) is 19.8 Å². The first kappa shape index (κ1) is 52.6. The Morgan fingerprint density at radius 1 is 0.500 bits per heavy atom. The molecule has 10 nitrogen and oxygen atoms in total. The Kier molecular flexibility index (Phi) is 14.7. The van der Waals surface area contributed by atoms with Gasteiger partial charge in [-0.15, -0.1) is 0 Å². The first-order valence-corrected chi connectivity index (χ1v) is 28.8. The van der Waals surface area contributed by atoms with E-state index < -0.39 is 23.8 Å². The lowest BCUT2D eigenvalue weighted by atomic mass is 9.50. The average molecular weight is 1080 g/mol. The summed E-state index contributed by atoms with van der Waals surface area (Å²) in [6.45, 7) is 1.18. The Labute approximate surface area is 476 Å². The van der Waals surface area contributed by atoms with Crippen LogP contribution in [0.4, 0.5) is 0 Å². The topological polar surface area (TPSA) is 147 Å². The molecule has 0 aliphatic rings. The molecule has 0 aliphatic carbocycles. The van der Waals surface area contributed by atoms with E-state index >= 15 is 0 Å². The molecule has 0 aliphatic heterocycles. The van der Waals surface area contributed by atoms with Crippen molar-refractivity contribution < 1.29 is 17.7 Å². The van der Waals surface area contributed by atoms with Crippen LogP contribution >= 0.6 is 0 Å². The number of benzene rings is 8. The van der Waals surface area contributed by atoms with Crippen molar-refractivity contribution in [3.05, 3.63) is 270 Å². The molecule has 4 heterocycles. The van der Waals surface area contributed by atoms with Gasteiger partial charge in [0.15, 0.2) is 0 Å². The van der Waals surface area contributed by atoms with Crippen LogP contribution in [0.5, 0.6) is 5.75 Å². The standard InChI is InChI=1S/C69H52B2N6O4S/c1-48-22-14-17-33-57(48)67-65-64(68(58(46-72)62-42-38-49-23-15-18-34-60(49)74-62)77(67)71(54-29-10-4-11-30-54)55-31-12-5-13-32-55)66(51-36-40-56(41-37-51)81-44-20-21-45-82(78,79)80)76(70(52-25-6-2-7-26-52)53-27-8-3-9-28-53)69(65)59(47-73)63-43-39-50-24-16-19-35-61(50)75-63/h2-19,22-43H,20-21,44-45H2,1H3,(H,78,79,80)/b68-58-,69-59-. The van der Waals surface area contributed by atoms with Crippen LogP contribution in [-0.2, 0) is 10.1 Å². The van der Waals surface area contributed by atoms with Gasteiger partial charge < -0.3 is 13.7 Å². The third kappa shape index (κ3) is 10.3. The number of para-hydroxylation sites is 2. The summed E-state index contributed by atoms with van der Waals surface area (Å²) >= 11 is 0. The van der Waals surface area contributed by atoms with Gasteiger partial charge in [0.25, 0.3) is 10.1 Å². The highest BCUT2D eigenvalue weighted by Crippen LogP contribution is 2.38. The third-order valence-corrected chi connectivity index (χ3v) is 15.9. The lowest BCUT2D eigenvalue weighted by Crippen LogP contribution is -2.54. The zero-order valence-electron chi connectivity index (χ0n) is 44.8. The van der Waals surface area contributed by atoms with Crippen molar-refractivity contribution in [1.29, 1.82) is 10.5 Å². The molecule has 394 valence electrons. The van der Waals surface area contributed by atoms with Gasteiger partial charge in [-0.25, -0.2) is 9.97 Å². The van der Waals surface area contributed by atoms with E-state index in [2.05, 4.69) is 88.7 Å². The second-order valence-corrected chi connectivity index (χ2v) is 21.8. The Morgan fingerprint density at radius 3 is 1.37 bits per heavy atom. The van der Waals surface area contributed by atoms with E-state index in [4.69, 9.17) is 14.7 Å². The molecule has 4 aromatic heterocycles. The van der Waals surface area contributed by atoms with Crippen molar-refractivity contribution in [3.8, 4) is 40.4 Å². The van der Waals surface area contributed by atoms with Crippen molar-refractivity contribution >= 4 is 89.4 Å². The van der Waals surface area contributed by atoms with Crippen LogP contribution in [0.2, 0.25) is 0 Å². The summed E-state index contributed by atoms with van der Waals surface area (Å²) in [5, 5.41) is 29.1. The minimum atomic E-state index is -4.12. The summed E-state index contributed by atoms with van der Waals surface area (Å²) < 4.78 is 43.4. The smallest absolute Gasteiger partial charge is 0.328 e. The highest BCUT2D eigenvalue weighted by molar-refractivity contribution is 7.85. The average Bonchev–Trinajstić information content (AvgIpc) is 3.22. The number of nitriles is 2. The number of unbranched alkanes of at least 4 members (excludes halogenated alkanes) is 1. The van der Waals surface area contributed by atoms with E-state index in [1.807, 2.05) is 182 Å². The van der Waals surface area contributed by atoms with Crippen molar-refractivity contribution in [3.63, 3.8) is 0 Å². The summed E-state index contributed by atoms with van der Waals surface area (Å²) in [4.78, 5) is 10.6. The maximum Gasteiger partial charge on any atom is 0.328 e. The van der Waals surface area contributed by atoms with Crippen LogP contribution in [0, 0.1) is 29.6 Å². The maximum atomic E-state index is 12.3. The highest BCUT2D eigenvalue weighted by atomic mass is 32.2. The fourth-order valence-corrected chi connectivity index (χ4v) is 12.0. The lowest BCUT2D eigenvalue weighted by Gasteiger charge is -2.25. The van der Waals surface area contributed by atoms with Crippen LogP contribution < -0.4 is 37.3 Å². The molecule has 12 aromatic rings. The van der Waals surface area contributed by atoms with Gasteiger partial charge in [0.05, 0.1) is 45.5 Å². The molecule has 13 heteroatoms. The molecular weight excluding hydrogens is 1030 g/mol. The minimum absolute atomic E-state index is 0.218. The molecule has 0 bridgehead atoms. The second-order valence-electron chi connectivity index (χ2n) is 20.3. The van der Waals surface area contributed by atoms with Crippen LogP contribution in [0.1, 0.15) is 29.8 Å². The fourth-order valence-electron chi connectivity index (χ4n) is 11.5. The van der Waals surface area contributed by atoms with Crippen LogP contribution in [0.25, 0.3) is 66.2 Å². The number of hydrogen-bond donors (Lipinski definition) is 1. The quantitative estimate of drug-likeness (QED) is 0.0572. The van der Waals surface area contributed by atoms with Crippen LogP contribution in [-0.4, -0.2) is 57.9 Å². The number of pyridine rings is 2. The Hall–Kier alpha value is -10.0. The molecule has 0 spiro atoms. The van der Waals surface area contributed by atoms with E-state index in [9.17, 15) is 23.5 Å². The number of aromatic nitrogens is 4. The maximum absolute atomic E-state index is 12.3. The van der Waals surface area contributed by atoms with E-state index in [1.165, 1.54) is 0 Å². The summed E-state index contributed by atoms with van der Waals surface area (Å²) in [6, 6.07) is 86.7. The Bertz CT molecular complexity index is 4500. The van der Waals surface area contributed by atoms with E-state index in [0.717, 1.165) is 71.4 Å². The largest absolute Gasteiger partial charge is 0.494 e. The third-order valence-electron chi connectivity index (χ3n) is 15.1. The summed E-state index contributed by atoms with van der Waals surface area (Å²) in [7, 11) is -4.12. The van der Waals surface area contributed by atoms with Gasteiger partial charge in [0.1, 0.15) is 29.0 Å². The van der Waals surface area contributed by atoms with Crippen molar-refractivity contribution in [2.75, 3.05) is 12.4 Å². The summed E-state index contributed by atoms with van der Waals surface area (Å²) in [5.74, 6) is 0.192. The van der Waals surface area contributed by atoms with E-state index in [1.54, 1.807) is 0 Å². The molecule has 0 saturated carbocycles. The van der Waals surface area contributed by atoms with Gasteiger partial charge in [0.2, 0.25) is 0 Å². The SMILES string of the molecule is Cc1ccccc1-c1c2/c(=C(\C#N)c3ccc4ccccc4n3)n(B(c3ccccc3)c3ccccc3)c(-c3ccc(OCCCCS(=O)(=O)O)cc3)c2/c(=C(\C#N)c2ccc3ccccc3n2)n1B(c1ccccc1)c1ccccc1. The van der Waals surface area contributed by atoms with Gasteiger partial charge in [0, 0.05) is 38.5 Å². The van der Waals surface area contributed by atoms with E-state index in [0.29, 0.717) is 56.5 Å². The first-order valence-electron chi connectivity index (χ1n) is 27.2. The molecule has 0 radical (unpaired) electrons. The molecule has 0 atom stereocenters. The fraction of sp³-hybridized carbons (Fsp3) is 0.0725. The molecule has 0 saturated heterocycles. The summed E-state index contributed by atoms with van der Waals surface area (Å²) in [5.41, 5.74) is 11.0. The minimum Gasteiger partial charge on any atom is -0.494 e. The molecule has 1 N–H and O–H groups in total. The Morgan fingerprint density at radius 2 is 0.915 bits per heavy atom. The van der Waals surface area contributed by atoms with Gasteiger partial charge in [-0.05, 0) is 79.4 Å². The first-order chi connectivity index (χ1) is 40.2. The monoisotopic (exact) mass is 1080 g/mol. The second kappa shape index (κ2) is 23.0. The van der Waals surface area contributed by atoms with Crippen LogP contribution in [0.3, 0.4) is 0 Å². The van der Waals surface area contributed by atoms with Gasteiger partial charge in [-0.1, -0.05) is 216 Å². The summed E-state index contributed by atoms with van der Waals surface area (Å²) in [6.07, 6.45) is 0.632. The van der Waals surface area contributed by atoms with Gasteiger partial charge in [-0.2, -0.15) is 18.9 Å². The molecule has 8 aromatic carbocycles. The molecule has 12 rings (SSSR count). The normalized spacial score (nSPS) is 12.2. The van der Waals surface area contributed by atoms with Gasteiger partial charge in [-0.3, -0.25) is 4.55 Å². The zero-order chi connectivity index (χ0) is 56.2. The molecule has 0 fully saturated rings. The number of aryl methyl sites for hydroxylation is 1. The van der Waals surface area contributed by atoms with Crippen molar-refractivity contribution in [1.82, 2.24) is 18.9 Å². The molecule has 0 unspecified atom stereocenters. The predicted octanol–water partition coefficient (Wildman–Crippen LogP) is 9.98. The molecule has 0 amide bonds. The number of ether oxygens (including phenoxy) is 1. The van der Waals surface area contributed by atoms with E-state index in [-0.39, 0.29) is 18.8 Å². The number of hydrogen-bond acceptors (Lipinski definition) is 7. The lowest BCUT2D eigenvalue weighted by molar-refractivity contribution is 0.309.